The van der Waals surface area contributed by atoms with Crippen molar-refractivity contribution >= 4 is 28.2 Å². The number of allylic oxidation sites excluding steroid dienone is 2. The van der Waals surface area contributed by atoms with E-state index in [9.17, 15) is 0 Å². The fourth-order valence-electron chi connectivity index (χ4n) is 4.04. The molecule has 0 heterocycles. The summed E-state index contributed by atoms with van der Waals surface area (Å²) in [6, 6.07) is 13.5. The van der Waals surface area contributed by atoms with Crippen LogP contribution in [0.1, 0.15) is 60.4 Å². The number of benzene rings is 2. The van der Waals surface area contributed by atoms with Crippen molar-refractivity contribution in [2.45, 2.75) is 40.9 Å². The molecule has 2 atom stereocenters. The van der Waals surface area contributed by atoms with E-state index in [4.69, 9.17) is 16.1 Å². The molecular weight excluding hydrogens is 443 g/mol. The second kappa shape index (κ2) is 10.1. The molecule has 146 valence electrons. The summed E-state index contributed by atoms with van der Waals surface area (Å²) in [5.41, 5.74) is 8.73. The van der Waals surface area contributed by atoms with Crippen molar-refractivity contribution in [1.82, 2.24) is 0 Å². The molecule has 2 unspecified atom stereocenters. The molecule has 0 radical (unpaired) electrons. The summed E-state index contributed by atoms with van der Waals surface area (Å²) in [6.45, 7) is 7.20. The first kappa shape index (κ1) is 21.6. The van der Waals surface area contributed by atoms with Crippen LogP contribution in [0.3, 0.4) is 0 Å². The predicted molar refractivity (Wildman–Crippen MR) is 120 cm³/mol. The molecule has 0 fully saturated rings. The summed E-state index contributed by atoms with van der Waals surface area (Å²) < 4.78 is 10.2. The Labute approximate surface area is 182 Å². The van der Waals surface area contributed by atoms with Gasteiger partial charge in [0.1, 0.15) is 0 Å². The van der Waals surface area contributed by atoms with Crippen LogP contribution < -0.4 is 0 Å². The zero-order chi connectivity index (χ0) is 20.1. The molecule has 0 saturated heterocycles. The average molecular weight is 472 g/mol. The van der Waals surface area contributed by atoms with E-state index in [1.165, 1.54) is 33.4 Å². The quantitative estimate of drug-likeness (QED) is 0.421. The Morgan fingerprint density at radius 2 is 1.43 bits per heavy atom. The van der Waals surface area contributed by atoms with E-state index in [1.807, 2.05) is 0 Å². The topological polar surface area (TPSA) is 9.23 Å². The third kappa shape index (κ3) is 4.56. The van der Waals surface area contributed by atoms with Crippen molar-refractivity contribution in [3.05, 3.63) is 81.9 Å². The number of halogens is 1. The number of unbranched alkanes of at least 4 members (excludes halogenated alkanes) is 1. The molecule has 0 saturated carbocycles. The molecule has 2 aliphatic carbocycles. The first-order valence-electron chi connectivity index (χ1n) is 10.1. The van der Waals surface area contributed by atoms with Crippen molar-refractivity contribution in [1.29, 1.82) is 0 Å². The summed E-state index contributed by atoms with van der Waals surface area (Å²) in [4.78, 5) is 0. The SMILES string of the molecule is CCCCOCl.[CH2]=[Zr]([CH]1C=Cc2c(C)cccc21)[CH]1C=Cc2c(C)cccc21. The van der Waals surface area contributed by atoms with Crippen LogP contribution in [0, 0.1) is 13.8 Å². The van der Waals surface area contributed by atoms with Gasteiger partial charge >= 0.3 is 141 Å². The van der Waals surface area contributed by atoms with Crippen molar-refractivity contribution in [3.8, 4) is 0 Å². The molecule has 3 heteroatoms. The van der Waals surface area contributed by atoms with Gasteiger partial charge in [0.15, 0.2) is 0 Å². The minimum absolute atomic E-state index is 0.610. The van der Waals surface area contributed by atoms with Crippen molar-refractivity contribution in [3.63, 3.8) is 0 Å². The Bertz CT molecular complexity index is 839. The maximum absolute atomic E-state index is 4.88. The normalized spacial score (nSPS) is 18.4. The second-order valence-electron chi connectivity index (χ2n) is 7.57. The molecule has 2 aromatic carbocycles. The van der Waals surface area contributed by atoms with Gasteiger partial charge in [0, 0.05) is 0 Å². The molecule has 1 nitrogen and oxygen atoms in total. The van der Waals surface area contributed by atoms with Gasteiger partial charge in [-0.25, -0.2) is 0 Å². The Hall–Kier alpha value is -1.08. The van der Waals surface area contributed by atoms with E-state index in [0.717, 1.165) is 12.8 Å². The molecule has 0 spiro atoms. The molecule has 4 rings (SSSR count). The third-order valence-corrected chi connectivity index (χ3v) is 12.2. The van der Waals surface area contributed by atoms with Crippen LogP contribution in [0.4, 0.5) is 0 Å². The van der Waals surface area contributed by atoms with E-state index in [-0.39, 0.29) is 0 Å². The minimum atomic E-state index is -1.90. The van der Waals surface area contributed by atoms with E-state index in [0.29, 0.717) is 13.9 Å². The van der Waals surface area contributed by atoms with E-state index < -0.39 is 21.3 Å². The summed E-state index contributed by atoms with van der Waals surface area (Å²) in [7, 11) is 0. The van der Waals surface area contributed by atoms with Gasteiger partial charge in [0.05, 0.1) is 18.5 Å². The van der Waals surface area contributed by atoms with Crippen molar-refractivity contribution in [2.24, 2.45) is 0 Å². The molecule has 0 amide bonds. The Morgan fingerprint density at radius 1 is 0.929 bits per heavy atom. The number of aryl methyl sites for hydroxylation is 2. The first-order valence-corrected chi connectivity index (χ1v) is 14.9. The standard InChI is InChI=1S/2C10H9.C4H9ClO.CH2.Zr/c2*1-8-4-2-5-9-6-3-7-10(8)9;1-2-3-4-6-5;;/h2*2-7H,1H3;2-4H2,1H3;1H2;. The molecule has 0 aromatic heterocycles. The van der Waals surface area contributed by atoms with E-state index >= 15 is 0 Å². The van der Waals surface area contributed by atoms with E-state index in [1.54, 1.807) is 0 Å². The van der Waals surface area contributed by atoms with Crippen LogP contribution in [-0.2, 0) is 25.6 Å². The fourth-order valence-corrected chi connectivity index (χ4v) is 9.99. The van der Waals surface area contributed by atoms with Crippen molar-refractivity contribution < 1.29 is 25.6 Å². The monoisotopic (exact) mass is 470 g/mol. The third-order valence-electron chi connectivity index (χ3n) is 5.67. The zero-order valence-corrected chi connectivity index (χ0v) is 20.3. The number of hydrogen-bond donors (Lipinski definition) is 0. The van der Waals surface area contributed by atoms with E-state index in [2.05, 4.69) is 85.8 Å². The van der Waals surface area contributed by atoms with Crippen LogP contribution in [0.2, 0.25) is 0 Å². The van der Waals surface area contributed by atoms with Crippen LogP contribution >= 0.6 is 11.9 Å². The van der Waals surface area contributed by atoms with Gasteiger partial charge in [0.2, 0.25) is 0 Å². The molecule has 2 aliphatic rings. The molecule has 28 heavy (non-hydrogen) atoms. The maximum atomic E-state index is 4.88. The van der Waals surface area contributed by atoms with Gasteiger partial charge in [-0.05, 0) is 6.42 Å². The Morgan fingerprint density at radius 3 is 1.82 bits per heavy atom. The van der Waals surface area contributed by atoms with Gasteiger partial charge in [0.25, 0.3) is 0 Å². The number of rotatable bonds is 5. The van der Waals surface area contributed by atoms with Gasteiger partial charge in [-0.3, -0.25) is 4.29 Å². The van der Waals surface area contributed by atoms with Gasteiger partial charge < -0.3 is 0 Å². The summed E-state index contributed by atoms with van der Waals surface area (Å²) in [5, 5.41) is 0. The fraction of sp³-hybridized carbons (Fsp3) is 0.320. The summed E-state index contributed by atoms with van der Waals surface area (Å²) >= 11 is 2.98. The number of hydrogen-bond acceptors (Lipinski definition) is 1. The van der Waals surface area contributed by atoms with Crippen LogP contribution in [0.5, 0.6) is 0 Å². The molecule has 2 aromatic rings. The molecule has 0 aliphatic heterocycles. The predicted octanol–water partition coefficient (Wildman–Crippen LogP) is 7.15. The van der Waals surface area contributed by atoms with Gasteiger partial charge in [-0.15, -0.1) is 0 Å². The van der Waals surface area contributed by atoms with Gasteiger partial charge in [-0.2, -0.15) is 0 Å². The molecule has 0 N–H and O–H groups in total. The first-order chi connectivity index (χ1) is 13.6. The summed E-state index contributed by atoms with van der Waals surface area (Å²) in [5.74, 6) is 0. The average Bonchev–Trinajstić information content (AvgIpc) is 3.32. The molecule has 0 bridgehead atoms. The zero-order valence-electron chi connectivity index (χ0n) is 17.0. The second-order valence-corrected chi connectivity index (χ2v) is 13.7. The number of fused-ring (bicyclic) bond motifs is 2. The summed E-state index contributed by atoms with van der Waals surface area (Å²) in [6.07, 6.45) is 11.7. The Balaban J connectivity index is 0.000000330. The van der Waals surface area contributed by atoms with Crippen LogP contribution in [-0.4, -0.2) is 10.8 Å². The van der Waals surface area contributed by atoms with Gasteiger partial charge in [-0.1, -0.05) is 13.3 Å². The molecular formula is C25H29ClOZr. The van der Waals surface area contributed by atoms with Crippen LogP contribution in [0.15, 0.2) is 48.6 Å². The van der Waals surface area contributed by atoms with Crippen LogP contribution in [0.25, 0.3) is 12.2 Å². The Kier molecular flexibility index (Phi) is 7.80. The van der Waals surface area contributed by atoms with Crippen molar-refractivity contribution in [2.75, 3.05) is 6.61 Å².